The van der Waals surface area contributed by atoms with Crippen molar-refractivity contribution in [1.29, 1.82) is 0 Å². The first-order chi connectivity index (χ1) is 12.8. The molecule has 2 rings (SSSR count). The van der Waals surface area contributed by atoms with Crippen molar-refractivity contribution in [3.8, 4) is 5.75 Å². The molecule has 0 heterocycles. The van der Waals surface area contributed by atoms with Gasteiger partial charge in [-0.05, 0) is 49.2 Å². The van der Waals surface area contributed by atoms with Crippen LogP contribution in [0.1, 0.15) is 25.3 Å². The van der Waals surface area contributed by atoms with Gasteiger partial charge in [-0.2, -0.15) is 0 Å². The molecule has 0 atom stereocenters. The van der Waals surface area contributed by atoms with E-state index in [4.69, 9.17) is 4.74 Å². The molecule has 0 saturated heterocycles. The fraction of sp³-hybridized carbons (Fsp3) is 0.316. The lowest BCUT2D eigenvalue weighted by atomic mass is 10.1. The number of nitrogens with one attached hydrogen (secondary N) is 2. The third-order valence-electron chi connectivity index (χ3n) is 3.74. The van der Waals surface area contributed by atoms with Gasteiger partial charge in [-0.15, -0.1) is 0 Å². The largest absolute Gasteiger partial charge is 0.493 e. The maximum Gasteiger partial charge on any atom is 0.232 e. The maximum absolute atomic E-state index is 12.2. The second kappa shape index (κ2) is 9.75. The molecule has 0 radical (unpaired) electrons. The smallest absolute Gasteiger partial charge is 0.232 e. The summed E-state index contributed by atoms with van der Waals surface area (Å²) >= 11 is 3.36. The van der Waals surface area contributed by atoms with Crippen LogP contribution in [0.3, 0.4) is 0 Å². The van der Waals surface area contributed by atoms with Gasteiger partial charge in [0.1, 0.15) is 5.75 Å². The Hall–Kier alpha value is -2.06. The quantitative estimate of drug-likeness (QED) is 0.590. The van der Waals surface area contributed by atoms with Crippen molar-refractivity contribution in [3.63, 3.8) is 0 Å². The summed E-state index contributed by atoms with van der Waals surface area (Å²) in [7, 11) is -3.39. The number of rotatable bonds is 9. The molecule has 146 valence electrons. The molecule has 0 fully saturated rings. The Morgan fingerprint density at radius 2 is 1.85 bits per heavy atom. The molecule has 0 bridgehead atoms. The number of sulfonamides is 1. The summed E-state index contributed by atoms with van der Waals surface area (Å²) in [4.78, 5) is 12.2. The van der Waals surface area contributed by atoms with Gasteiger partial charge in [0.2, 0.25) is 15.9 Å². The minimum absolute atomic E-state index is 0.0516. The van der Waals surface area contributed by atoms with E-state index >= 15 is 0 Å². The highest BCUT2D eigenvalue weighted by atomic mass is 79.9. The summed E-state index contributed by atoms with van der Waals surface area (Å²) in [5.41, 5.74) is 1.70. The van der Waals surface area contributed by atoms with Crippen LogP contribution >= 0.6 is 15.9 Å². The van der Waals surface area contributed by atoms with Crippen molar-refractivity contribution in [2.45, 2.75) is 26.7 Å². The van der Waals surface area contributed by atoms with E-state index in [0.29, 0.717) is 29.1 Å². The third kappa shape index (κ3) is 6.88. The molecular weight excluding hydrogens is 432 g/mol. The van der Waals surface area contributed by atoms with Gasteiger partial charge in [-0.25, -0.2) is 8.42 Å². The van der Waals surface area contributed by atoms with Crippen LogP contribution in [0.4, 0.5) is 11.4 Å². The number of benzene rings is 2. The van der Waals surface area contributed by atoms with Gasteiger partial charge in [0.25, 0.3) is 0 Å². The second-order valence-corrected chi connectivity index (χ2v) is 8.76. The van der Waals surface area contributed by atoms with Gasteiger partial charge < -0.3 is 10.1 Å². The summed E-state index contributed by atoms with van der Waals surface area (Å²) in [5, 5.41) is 2.80. The van der Waals surface area contributed by atoms with Crippen LogP contribution in [0, 0.1) is 6.92 Å². The average molecular weight is 455 g/mol. The molecule has 2 N–H and O–H groups in total. The van der Waals surface area contributed by atoms with Gasteiger partial charge in [0.15, 0.2) is 0 Å². The molecule has 27 heavy (non-hydrogen) atoms. The molecule has 8 heteroatoms. The van der Waals surface area contributed by atoms with Crippen LogP contribution in [0.5, 0.6) is 5.75 Å². The van der Waals surface area contributed by atoms with Crippen LogP contribution < -0.4 is 14.8 Å². The predicted molar refractivity (Wildman–Crippen MR) is 112 cm³/mol. The van der Waals surface area contributed by atoms with Crippen molar-refractivity contribution < 1.29 is 17.9 Å². The first kappa shape index (κ1) is 21.2. The zero-order chi connectivity index (χ0) is 19.9. The average Bonchev–Trinajstić information content (AvgIpc) is 2.58. The van der Waals surface area contributed by atoms with Crippen LogP contribution in [0.15, 0.2) is 46.9 Å². The molecule has 0 aliphatic carbocycles. The van der Waals surface area contributed by atoms with Gasteiger partial charge in [-0.3, -0.25) is 9.52 Å². The van der Waals surface area contributed by atoms with E-state index in [1.807, 2.05) is 24.3 Å². The second-order valence-electron chi connectivity index (χ2n) is 6.00. The first-order valence-corrected chi connectivity index (χ1v) is 11.0. The van der Waals surface area contributed by atoms with Gasteiger partial charge in [-0.1, -0.05) is 35.0 Å². The van der Waals surface area contributed by atoms with E-state index in [1.165, 1.54) is 0 Å². The lowest BCUT2D eigenvalue weighted by molar-refractivity contribution is -0.116. The van der Waals surface area contributed by atoms with Gasteiger partial charge in [0, 0.05) is 10.2 Å². The molecule has 0 aromatic heterocycles. The van der Waals surface area contributed by atoms with Crippen LogP contribution in [0.2, 0.25) is 0 Å². The Balaban J connectivity index is 1.94. The Morgan fingerprint density at radius 3 is 2.56 bits per heavy atom. The fourth-order valence-electron chi connectivity index (χ4n) is 2.40. The van der Waals surface area contributed by atoms with Crippen molar-refractivity contribution in [2.75, 3.05) is 22.4 Å². The Labute approximate surface area is 168 Å². The number of carbonyl (C=O) groups is 1. The standard InChI is InChI=1S/C19H23BrN2O4S/c1-3-12-27(24,25)22-18-9-5-8-17(14(18)2)21-19(23)10-11-26-16-7-4-6-15(20)13-16/h4-9,13,22H,3,10-12H2,1-2H3,(H,21,23). The van der Waals surface area contributed by atoms with Crippen LogP contribution in [0.25, 0.3) is 0 Å². The van der Waals surface area contributed by atoms with E-state index in [9.17, 15) is 13.2 Å². The zero-order valence-corrected chi connectivity index (χ0v) is 17.7. The molecule has 2 aromatic rings. The van der Waals surface area contributed by atoms with E-state index in [2.05, 4.69) is 26.0 Å². The number of hydrogen-bond donors (Lipinski definition) is 2. The highest BCUT2D eigenvalue weighted by molar-refractivity contribution is 9.10. The highest BCUT2D eigenvalue weighted by Crippen LogP contribution is 2.24. The van der Waals surface area contributed by atoms with E-state index < -0.39 is 10.0 Å². The summed E-state index contributed by atoms with van der Waals surface area (Å²) in [6.07, 6.45) is 0.709. The minimum Gasteiger partial charge on any atom is -0.493 e. The number of hydrogen-bond acceptors (Lipinski definition) is 4. The molecular formula is C19H23BrN2O4S. The number of halogens is 1. The number of anilines is 2. The molecule has 0 unspecified atom stereocenters. The Kier molecular flexibility index (Phi) is 7.67. The SMILES string of the molecule is CCCS(=O)(=O)Nc1cccc(NC(=O)CCOc2cccc(Br)c2)c1C. The zero-order valence-electron chi connectivity index (χ0n) is 15.3. The monoisotopic (exact) mass is 454 g/mol. The van der Waals surface area contributed by atoms with Crippen molar-refractivity contribution >= 4 is 43.2 Å². The normalized spacial score (nSPS) is 11.1. The van der Waals surface area contributed by atoms with Gasteiger partial charge >= 0.3 is 0 Å². The topological polar surface area (TPSA) is 84.5 Å². The summed E-state index contributed by atoms with van der Waals surface area (Å²) in [5.74, 6) is 0.526. The minimum atomic E-state index is -3.39. The molecule has 6 nitrogen and oxygen atoms in total. The molecule has 2 aromatic carbocycles. The molecule has 0 spiro atoms. The van der Waals surface area contributed by atoms with E-state index in [-0.39, 0.29) is 24.7 Å². The molecule has 1 amide bonds. The predicted octanol–water partition coefficient (Wildman–Crippen LogP) is 4.32. The first-order valence-electron chi connectivity index (χ1n) is 8.59. The summed E-state index contributed by atoms with van der Waals surface area (Å²) in [6.45, 7) is 3.81. The van der Waals surface area contributed by atoms with Crippen LogP contribution in [-0.4, -0.2) is 26.7 Å². The number of carbonyl (C=O) groups excluding carboxylic acids is 1. The number of ether oxygens (including phenoxy) is 1. The number of amides is 1. The van der Waals surface area contributed by atoms with E-state index in [0.717, 1.165) is 4.47 Å². The fourth-order valence-corrected chi connectivity index (χ4v) is 3.97. The highest BCUT2D eigenvalue weighted by Gasteiger charge is 2.13. The van der Waals surface area contributed by atoms with Gasteiger partial charge in [0.05, 0.1) is 24.5 Å². The lowest BCUT2D eigenvalue weighted by Crippen LogP contribution is -2.18. The van der Waals surface area contributed by atoms with Crippen LogP contribution in [-0.2, 0) is 14.8 Å². The van der Waals surface area contributed by atoms with Crippen molar-refractivity contribution in [2.24, 2.45) is 0 Å². The van der Waals surface area contributed by atoms with Crippen molar-refractivity contribution in [1.82, 2.24) is 0 Å². The van der Waals surface area contributed by atoms with Crippen molar-refractivity contribution in [3.05, 3.63) is 52.5 Å². The summed E-state index contributed by atoms with van der Waals surface area (Å²) < 4.78 is 33.0. The third-order valence-corrected chi connectivity index (χ3v) is 5.71. The lowest BCUT2D eigenvalue weighted by Gasteiger charge is -2.14. The summed E-state index contributed by atoms with van der Waals surface area (Å²) in [6, 6.07) is 12.5. The maximum atomic E-state index is 12.2. The Bertz CT molecular complexity index is 900. The molecule has 0 aliphatic heterocycles. The Morgan fingerprint density at radius 1 is 1.15 bits per heavy atom. The molecule has 0 saturated carbocycles. The molecule has 0 aliphatic rings. The van der Waals surface area contributed by atoms with E-state index in [1.54, 1.807) is 32.0 Å².